The predicted molar refractivity (Wildman–Crippen MR) is 85.0 cm³/mol. The molecule has 0 saturated carbocycles. The van der Waals surface area contributed by atoms with E-state index in [0.717, 1.165) is 7.11 Å². The third-order valence-electron chi connectivity index (χ3n) is 2.60. The third-order valence-corrected chi connectivity index (χ3v) is 3.45. The standard InChI is InChI=1S/C15H15F2IO4/c1-21-14(20)15(16,17)10-12(18)8-5-9-22-13(19)11-6-3-2-4-7-11/h2-4,6-7,10H,5,8-9H2,1H3/b12-10-. The smallest absolute Gasteiger partial charge is 0.381 e. The van der Waals surface area contributed by atoms with Crippen LogP contribution in [0.2, 0.25) is 0 Å². The quantitative estimate of drug-likeness (QED) is 0.380. The maximum atomic E-state index is 13.3. The van der Waals surface area contributed by atoms with Gasteiger partial charge in [0.1, 0.15) is 0 Å². The van der Waals surface area contributed by atoms with Crippen molar-refractivity contribution < 1.29 is 27.8 Å². The summed E-state index contributed by atoms with van der Waals surface area (Å²) in [6.07, 6.45) is 1.21. The summed E-state index contributed by atoms with van der Waals surface area (Å²) in [5.41, 5.74) is 0.435. The van der Waals surface area contributed by atoms with E-state index in [-0.39, 0.29) is 13.0 Å². The molecule has 0 saturated heterocycles. The summed E-state index contributed by atoms with van der Waals surface area (Å²) in [7, 11) is 0.903. The van der Waals surface area contributed by atoms with Crippen LogP contribution in [0.3, 0.4) is 0 Å². The van der Waals surface area contributed by atoms with E-state index in [1.54, 1.807) is 52.9 Å². The number of halogens is 3. The molecular weight excluding hydrogens is 409 g/mol. The van der Waals surface area contributed by atoms with Crippen molar-refractivity contribution in [1.29, 1.82) is 0 Å². The number of benzene rings is 1. The summed E-state index contributed by atoms with van der Waals surface area (Å²) >= 11 is 1.72. The van der Waals surface area contributed by atoms with E-state index in [1.807, 2.05) is 0 Å². The van der Waals surface area contributed by atoms with Crippen LogP contribution in [0.25, 0.3) is 0 Å². The van der Waals surface area contributed by atoms with Gasteiger partial charge in [0.2, 0.25) is 0 Å². The Morgan fingerprint density at radius 3 is 2.50 bits per heavy atom. The Bertz CT molecular complexity index is 544. The molecule has 7 heteroatoms. The van der Waals surface area contributed by atoms with Crippen LogP contribution in [-0.2, 0) is 14.3 Å². The third kappa shape index (κ3) is 6.08. The van der Waals surface area contributed by atoms with Crippen LogP contribution < -0.4 is 0 Å². The molecule has 0 aromatic heterocycles. The van der Waals surface area contributed by atoms with Gasteiger partial charge in [-0.05, 0) is 51.1 Å². The molecule has 1 aromatic carbocycles. The summed E-state index contributed by atoms with van der Waals surface area (Å²) in [4.78, 5) is 22.5. The first kappa shape index (κ1) is 18.5. The molecule has 0 spiro atoms. The second kappa shape index (κ2) is 8.82. The number of hydrogen-bond acceptors (Lipinski definition) is 4. The zero-order valence-electron chi connectivity index (χ0n) is 11.9. The fourth-order valence-electron chi connectivity index (χ4n) is 1.53. The van der Waals surface area contributed by atoms with Crippen molar-refractivity contribution >= 4 is 34.5 Å². The lowest BCUT2D eigenvalue weighted by molar-refractivity contribution is -0.161. The zero-order chi connectivity index (χ0) is 16.6. The molecule has 4 nitrogen and oxygen atoms in total. The van der Waals surface area contributed by atoms with Crippen molar-refractivity contribution in [2.24, 2.45) is 0 Å². The van der Waals surface area contributed by atoms with E-state index >= 15 is 0 Å². The summed E-state index contributed by atoms with van der Waals surface area (Å²) in [5.74, 6) is -5.71. The van der Waals surface area contributed by atoms with Gasteiger partial charge < -0.3 is 9.47 Å². The second-order valence-corrected chi connectivity index (χ2v) is 5.70. The first-order valence-electron chi connectivity index (χ1n) is 6.42. The minimum Gasteiger partial charge on any atom is -0.464 e. The van der Waals surface area contributed by atoms with Crippen molar-refractivity contribution in [1.82, 2.24) is 0 Å². The van der Waals surface area contributed by atoms with Crippen LogP contribution in [0.1, 0.15) is 23.2 Å². The largest absolute Gasteiger partial charge is 0.464 e. The van der Waals surface area contributed by atoms with E-state index < -0.39 is 17.9 Å². The molecule has 0 N–H and O–H groups in total. The number of alkyl halides is 2. The van der Waals surface area contributed by atoms with Crippen LogP contribution in [0.15, 0.2) is 40.0 Å². The number of methoxy groups -OCH3 is 1. The normalized spacial score (nSPS) is 11.9. The molecule has 120 valence electrons. The number of esters is 2. The highest BCUT2D eigenvalue weighted by atomic mass is 127. The van der Waals surface area contributed by atoms with E-state index in [2.05, 4.69) is 4.74 Å². The maximum Gasteiger partial charge on any atom is 0.381 e. The highest BCUT2D eigenvalue weighted by Crippen LogP contribution is 2.24. The molecule has 0 aliphatic heterocycles. The van der Waals surface area contributed by atoms with Crippen LogP contribution in [0.5, 0.6) is 0 Å². The van der Waals surface area contributed by atoms with Crippen molar-refractivity contribution in [3.63, 3.8) is 0 Å². The van der Waals surface area contributed by atoms with Gasteiger partial charge in [-0.1, -0.05) is 18.2 Å². The Balaban J connectivity index is 2.38. The van der Waals surface area contributed by atoms with Crippen LogP contribution in [0.4, 0.5) is 8.78 Å². The lowest BCUT2D eigenvalue weighted by Crippen LogP contribution is -2.27. The molecule has 0 amide bonds. The van der Waals surface area contributed by atoms with Crippen molar-refractivity contribution in [3.8, 4) is 0 Å². The second-order valence-electron chi connectivity index (χ2n) is 4.31. The number of rotatable bonds is 7. The molecule has 0 aliphatic carbocycles. The summed E-state index contributed by atoms with van der Waals surface area (Å²) < 4.78 is 35.9. The Kier molecular flexibility index (Phi) is 7.43. The molecule has 0 heterocycles. The summed E-state index contributed by atoms with van der Waals surface area (Å²) in [6, 6.07) is 8.48. The van der Waals surface area contributed by atoms with Gasteiger partial charge in [0.25, 0.3) is 0 Å². The molecule has 0 unspecified atom stereocenters. The molecule has 0 atom stereocenters. The molecule has 1 aromatic rings. The number of ether oxygens (including phenoxy) is 2. The van der Waals surface area contributed by atoms with Gasteiger partial charge in [0, 0.05) is 6.08 Å². The van der Waals surface area contributed by atoms with Gasteiger partial charge >= 0.3 is 17.9 Å². The lowest BCUT2D eigenvalue weighted by Gasteiger charge is -2.10. The lowest BCUT2D eigenvalue weighted by atomic mass is 10.2. The average Bonchev–Trinajstić information content (AvgIpc) is 2.50. The van der Waals surface area contributed by atoms with Crippen molar-refractivity contribution in [2.75, 3.05) is 13.7 Å². The predicted octanol–water partition coefficient (Wildman–Crippen LogP) is 3.75. The topological polar surface area (TPSA) is 52.6 Å². The summed E-state index contributed by atoms with van der Waals surface area (Å²) in [5, 5.41) is 0. The molecular formula is C15H15F2IO4. The van der Waals surface area contributed by atoms with Gasteiger partial charge in [-0.15, -0.1) is 0 Å². The Hall–Kier alpha value is -1.51. The number of carbonyl (C=O) groups excluding carboxylic acids is 2. The van der Waals surface area contributed by atoms with E-state index in [9.17, 15) is 18.4 Å². The van der Waals surface area contributed by atoms with Gasteiger partial charge in [0.05, 0.1) is 19.3 Å². The Labute approximate surface area is 140 Å². The minimum absolute atomic E-state index is 0.109. The molecule has 22 heavy (non-hydrogen) atoms. The van der Waals surface area contributed by atoms with E-state index in [0.29, 0.717) is 21.6 Å². The van der Waals surface area contributed by atoms with Crippen molar-refractivity contribution in [2.45, 2.75) is 18.8 Å². The fourth-order valence-corrected chi connectivity index (χ4v) is 2.30. The Morgan fingerprint density at radius 1 is 1.27 bits per heavy atom. The number of carbonyl (C=O) groups is 2. The molecule has 0 bridgehead atoms. The van der Waals surface area contributed by atoms with Gasteiger partial charge in [-0.25, -0.2) is 9.59 Å². The molecule has 0 radical (unpaired) electrons. The summed E-state index contributed by atoms with van der Waals surface area (Å²) in [6.45, 7) is 0.109. The maximum absolute atomic E-state index is 13.3. The Morgan fingerprint density at radius 2 is 1.91 bits per heavy atom. The molecule has 1 rings (SSSR count). The van der Waals surface area contributed by atoms with Gasteiger partial charge in [-0.2, -0.15) is 8.78 Å². The minimum atomic E-state index is -3.65. The average molecular weight is 424 g/mol. The van der Waals surface area contributed by atoms with Gasteiger partial charge in [0.15, 0.2) is 0 Å². The van der Waals surface area contributed by atoms with Crippen molar-refractivity contribution in [3.05, 3.63) is 45.6 Å². The monoisotopic (exact) mass is 424 g/mol. The van der Waals surface area contributed by atoms with Crippen LogP contribution in [0, 0.1) is 0 Å². The fraction of sp³-hybridized carbons (Fsp3) is 0.333. The highest BCUT2D eigenvalue weighted by molar-refractivity contribution is 14.1. The van der Waals surface area contributed by atoms with E-state index in [1.165, 1.54) is 0 Å². The number of hydrogen-bond donors (Lipinski definition) is 0. The van der Waals surface area contributed by atoms with Crippen LogP contribution in [-0.4, -0.2) is 31.6 Å². The first-order valence-corrected chi connectivity index (χ1v) is 7.50. The van der Waals surface area contributed by atoms with Gasteiger partial charge in [-0.3, -0.25) is 0 Å². The zero-order valence-corrected chi connectivity index (χ0v) is 14.0. The molecule has 0 aliphatic rings. The van der Waals surface area contributed by atoms with E-state index in [4.69, 9.17) is 4.74 Å². The number of allylic oxidation sites excluding steroid dienone is 1. The highest BCUT2D eigenvalue weighted by Gasteiger charge is 2.37. The first-order chi connectivity index (χ1) is 10.4. The van der Waals surface area contributed by atoms with Crippen LogP contribution >= 0.6 is 22.6 Å². The molecule has 0 fully saturated rings. The SMILES string of the molecule is COC(=O)C(F)(F)/C=C(\I)CCCOC(=O)c1ccccc1.